The zero-order valence-corrected chi connectivity index (χ0v) is 14.2. The third-order valence-electron chi connectivity index (χ3n) is 3.96. The average molecular weight is 351 g/mol. The summed E-state index contributed by atoms with van der Waals surface area (Å²) in [4.78, 5) is 1.19. The molecule has 0 bridgehead atoms. The zero-order chi connectivity index (χ0) is 16.7. The minimum Gasteiger partial charge on any atom is -0.247 e. The van der Waals surface area contributed by atoms with Gasteiger partial charge in [0, 0.05) is 20.2 Å². The van der Waals surface area contributed by atoms with Crippen molar-refractivity contribution in [2.75, 3.05) is 0 Å². The number of benzene rings is 2. The average Bonchev–Trinajstić information content (AvgIpc) is 3.20. The lowest BCUT2D eigenvalue weighted by Crippen LogP contribution is -1.84. The van der Waals surface area contributed by atoms with Gasteiger partial charge in [0.05, 0.1) is 0 Å². The number of nitriles is 1. The van der Waals surface area contributed by atoms with Gasteiger partial charge < -0.3 is 0 Å². The molecule has 0 aliphatic rings. The molecule has 2 aromatic heterocycles. The Morgan fingerprint density at radius 1 is 1.17 bits per heavy atom. The summed E-state index contributed by atoms with van der Waals surface area (Å²) in [6.07, 6.45) is 0. The second kappa shape index (κ2) is 5.75. The van der Waals surface area contributed by atoms with Gasteiger partial charge in [-0.25, -0.2) is 5.10 Å². The highest BCUT2D eigenvalue weighted by Crippen LogP contribution is 2.40. The lowest BCUT2D eigenvalue weighted by Gasteiger charge is -2.03. The second-order valence-electron chi connectivity index (χ2n) is 5.42. The number of H-pyrrole nitrogens is 1. The summed E-state index contributed by atoms with van der Waals surface area (Å²) >= 11 is 7.86. The molecule has 0 unspecified atom stereocenters. The summed E-state index contributed by atoms with van der Waals surface area (Å²) < 4.78 is 1.21. The first-order valence-corrected chi connectivity index (χ1v) is 8.47. The maximum absolute atomic E-state index is 9.15. The van der Waals surface area contributed by atoms with Gasteiger partial charge in [0.1, 0.15) is 11.8 Å². The first kappa shape index (κ1) is 14.9. The summed E-state index contributed by atoms with van der Waals surface area (Å²) in [7, 11) is 0. The Kier molecular flexibility index (Phi) is 3.57. The molecule has 0 atom stereocenters. The van der Waals surface area contributed by atoms with E-state index in [1.165, 1.54) is 20.5 Å². The van der Waals surface area contributed by atoms with Crippen molar-refractivity contribution >= 4 is 33.0 Å². The molecule has 0 fully saturated rings. The number of aryl methyl sites for hydroxylation is 1. The van der Waals surface area contributed by atoms with E-state index in [1.807, 2.05) is 36.4 Å². The molecule has 24 heavy (non-hydrogen) atoms. The Morgan fingerprint density at radius 3 is 2.83 bits per heavy atom. The number of thiophene rings is 1. The third-order valence-corrected chi connectivity index (χ3v) is 5.51. The van der Waals surface area contributed by atoms with E-state index >= 15 is 0 Å². The van der Waals surface area contributed by atoms with Crippen LogP contribution in [0.1, 0.15) is 11.3 Å². The van der Waals surface area contributed by atoms with E-state index < -0.39 is 0 Å². The van der Waals surface area contributed by atoms with Crippen LogP contribution >= 0.6 is 22.9 Å². The van der Waals surface area contributed by atoms with Crippen LogP contribution in [0.5, 0.6) is 0 Å². The molecular formula is C18H11ClN4S. The van der Waals surface area contributed by atoms with Crippen LogP contribution in [0.4, 0.5) is 0 Å². The fourth-order valence-electron chi connectivity index (χ4n) is 2.78. The Bertz CT molecular complexity index is 1100. The Hall–Kier alpha value is -2.68. The minimum atomic E-state index is 0.368. The van der Waals surface area contributed by atoms with E-state index in [0.717, 1.165) is 16.1 Å². The summed E-state index contributed by atoms with van der Waals surface area (Å²) in [5.74, 6) is 0. The second-order valence-corrected chi connectivity index (χ2v) is 6.91. The van der Waals surface area contributed by atoms with Gasteiger partial charge >= 0.3 is 0 Å². The van der Waals surface area contributed by atoms with Crippen molar-refractivity contribution in [3.05, 3.63) is 58.7 Å². The van der Waals surface area contributed by atoms with E-state index in [0.29, 0.717) is 11.4 Å². The van der Waals surface area contributed by atoms with E-state index in [-0.39, 0.29) is 0 Å². The van der Waals surface area contributed by atoms with Gasteiger partial charge in [0.2, 0.25) is 0 Å². The molecule has 0 spiro atoms. The standard InChI is InChI=1S/C18H11ClN4S/c1-10-14-8-13(19)5-6-16(14)24-18(10)12-4-2-3-11(7-12)17-15(9-20)21-23-22-17/h2-8H,1H3,(H,21,22,23). The number of aromatic nitrogens is 3. The molecular weight excluding hydrogens is 340 g/mol. The Labute approximate surface area is 147 Å². The summed E-state index contributed by atoms with van der Waals surface area (Å²) in [5.41, 5.74) is 4.10. The van der Waals surface area contributed by atoms with Crippen LogP contribution in [0.3, 0.4) is 0 Å². The lowest BCUT2D eigenvalue weighted by atomic mass is 10.0. The fraction of sp³-hybridized carbons (Fsp3) is 0.0556. The molecule has 6 heteroatoms. The van der Waals surface area contributed by atoms with E-state index in [2.05, 4.69) is 34.5 Å². The van der Waals surface area contributed by atoms with Gasteiger partial charge in [-0.2, -0.15) is 5.26 Å². The minimum absolute atomic E-state index is 0.368. The van der Waals surface area contributed by atoms with Gasteiger partial charge in [0.25, 0.3) is 0 Å². The Balaban J connectivity index is 1.88. The molecule has 4 aromatic rings. The Morgan fingerprint density at radius 2 is 2.00 bits per heavy atom. The molecule has 0 saturated heterocycles. The SMILES string of the molecule is Cc1c(-c2cccc(-c3nn[nH]c3C#N)c2)sc2ccc(Cl)cc12. The van der Waals surface area contributed by atoms with Crippen molar-refractivity contribution in [1.82, 2.24) is 15.4 Å². The third kappa shape index (κ3) is 2.37. The van der Waals surface area contributed by atoms with Crippen molar-refractivity contribution in [3.8, 4) is 27.8 Å². The van der Waals surface area contributed by atoms with E-state index in [9.17, 15) is 0 Å². The van der Waals surface area contributed by atoms with Crippen LogP contribution in [-0.2, 0) is 0 Å². The van der Waals surface area contributed by atoms with Crippen molar-refractivity contribution in [2.45, 2.75) is 6.92 Å². The molecule has 0 aliphatic carbocycles. The predicted molar refractivity (Wildman–Crippen MR) is 97.1 cm³/mol. The highest BCUT2D eigenvalue weighted by Gasteiger charge is 2.14. The molecule has 0 saturated carbocycles. The van der Waals surface area contributed by atoms with Crippen molar-refractivity contribution < 1.29 is 0 Å². The number of rotatable bonds is 2. The van der Waals surface area contributed by atoms with Gasteiger partial charge in [-0.15, -0.1) is 16.4 Å². The predicted octanol–water partition coefficient (Wildman–Crippen LogP) is 5.19. The van der Waals surface area contributed by atoms with E-state index in [1.54, 1.807) is 11.3 Å². The number of nitrogens with one attached hydrogen (secondary N) is 1. The molecule has 1 N–H and O–H groups in total. The zero-order valence-electron chi connectivity index (χ0n) is 12.7. The first-order valence-electron chi connectivity index (χ1n) is 7.28. The number of hydrogen-bond acceptors (Lipinski definition) is 4. The normalized spacial score (nSPS) is 10.9. The topological polar surface area (TPSA) is 65.4 Å². The molecule has 4 nitrogen and oxygen atoms in total. The lowest BCUT2D eigenvalue weighted by molar-refractivity contribution is 0.937. The van der Waals surface area contributed by atoms with Gasteiger partial charge in [-0.05, 0) is 47.7 Å². The van der Waals surface area contributed by atoms with Crippen LogP contribution in [0, 0.1) is 18.3 Å². The molecule has 2 aromatic carbocycles. The summed E-state index contributed by atoms with van der Waals surface area (Å²) in [6.45, 7) is 2.11. The maximum Gasteiger partial charge on any atom is 0.163 e. The summed E-state index contributed by atoms with van der Waals surface area (Å²) in [5, 5.41) is 21.4. The molecule has 0 amide bonds. The molecule has 0 aliphatic heterocycles. The van der Waals surface area contributed by atoms with Crippen molar-refractivity contribution in [1.29, 1.82) is 5.26 Å². The van der Waals surface area contributed by atoms with Crippen LogP contribution < -0.4 is 0 Å². The maximum atomic E-state index is 9.15. The van der Waals surface area contributed by atoms with Gasteiger partial charge in [0.15, 0.2) is 5.69 Å². The number of fused-ring (bicyclic) bond motifs is 1. The fourth-order valence-corrected chi connectivity index (χ4v) is 4.14. The largest absolute Gasteiger partial charge is 0.247 e. The van der Waals surface area contributed by atoms with Crippen molar-refractivity contribution in [3.63, 3.8) is 0 Å². The quantitative estimate of drug-likeness (QED) is 0.541. The number of hydrogen-bond donors (Lipinski definition) is 1. The van der Waals surface area contributed by atoms with Gasteiger partial charge in [-0.1, -0.05) is 35.0 Å². The molecule has 0 radical (unpaired) electrons. The van der Waals surface area contributed by atoms with E-state index in [4.69, 9.17) is 16.9 Å². The van der Waals surface area contributed by atoms with Gasteiger partial charge in [-0.3, -0.25) is 0 Å². The number of aromatic amines is 1. The van der Waals surface area contributed by atoms with Crippen LogP contribution in [0.25, 0.3) is 31.8 Å². The first-order chi connectivity index (χ1) is 11.7. The highest BCUT2D eigenvalue weighted by atomic mass is 35.5. The van der Waals surface area contributed by atoms with Crippen LogP contribution in [0.15, 0.2) is 42.5 Å². The van der Waals surface area contributed by atoms with Crippen LogP contribution in [-0.4, -0.2) is 15.4 Å². The summed E-state index contributed by atoms with van der Waals surface area (Å²) in [6, 6.07) is 16.0. The number of halogens is 1. The monoisotopic (exact) mass is 350 g/mol. The number of nitrogens with zero attached hydrogens (tertiary/aromatic N) is 3. The van der Waals surface area contributed by atoms with Crippen LogP contribution in [0.2, 0.25) is 5.02 Å². The molecule has 116 valence electrons. The highest BCUT2D eigenvalue weighted by molar-refractivity contribution is 7.22. The molecule has 4 rings (SSSR count). The van der Waals surface area contributed by atoms with Crippen molar-refractivity contribution in [2.24, 2.45) is 0 Å². The molecule has 2 heterocycles. The smallest absolute Gasteiger partial charge is 0.163 e.